The SMILES string of the molecule is CC(=O)c1ccc(NC(=O)/C=C(/C)C(=O)Nc2ccc(C(C)=O)cc2)cc1. The molecule has 0 atom stereocenters. The first-order chi connectivity index (χ1) is 12.8. The van der Waals surface area contributed by atoms with E-state index in [0.29, 0.717) is 22.5 Å². The van der Waals surface area contributed by atoms with Crippen LogP contribution in [0.2, 0.25) is 0 Å². The first-order valence-corrected chi connectivity index (χ1v) is 8.29. The van der Waals surface area contributed by atoms with Crippen LogP contribution in [0.15, 0.2) is 60.2 Å². The number of nitrogens with one attached hydrogen (secondary N) is 2. The highest BCUT2D eigenvalue weighted by atomic mass is 16.2. The van der Waals surface area contributed by atoms with Gasteiger partial charge < -0.3 is 10.6 Å². The fourth-order valence-electron chi connectivity index (χ4n) is 2.25. The van der Waals surface area contributed by atoms with Crippen LogP contribution in [-0.4, -0.2) is 23.4 Å². The third kappa shape index (κ3) is 5.74. The van der Waals surface area contributed by atoms with Crippen LogP contribution in [-0.2, 0) is 9.59 Å². The van der Waals surface area contributed by atoms with Crippen LogP contribution in [0.25, 0.3) is 0 Å². The molecular formula is C21H20N2O4. The molecule has 2 N–H and O–H groups in total. The van der Waals surface area contributed by atoms with Gasteiger partial charge in [0.05, 0.1) is 0 Å². The molecule has 0 aliphatic heterocycles. The third-order valence-electron chi connectivity index (χ3n) is 3.81. The van der Waals surface area contributed by atoms with Crippen LogP contribution in [0.4, 0.5) is 11.4 Å². The smallest absolute Gasteiger partial charge is 0.251 e. The summed E-state index contributed by atoms with van der Waals surface area (Å²) in [6.45, 7) is 4.45. The van der Waals surface area contributed by atoms with E-state index in [1.165, 1.54) is 26.8 Å². The van der Waals surface area contributed by atoms with Crippen molar-refractivity contribution in [3.8, 4) is 0 Å². The molecule has 0 aromatic heterocycles. The van der Waals surface area contributed by atoms with Crippen LogP contribution in [0, 0.1) is 0 Å². The number of benzene rings is 2. The van der Waals surface area contributed by atoms with Crippen LogP contribution in [0.1, 0.15) is 41.5 Å². The van der Waals surface area contributed by atoms with Crippen LogP contribution in [0.5, 0.6) is 0 Å². The lowest BCUT2D eigenvalue weighted by molar-refractivity contribution is -0.114. The number of hydrogen-bond donors (Lipinski definition) is 2. The van der Waals surface area contributed by atoms with E-state index in [2.05, 4.69) is 10.6 Å². The highest BCUT2D eigenvalue weighted by molar-refractivity contribution is 6.10. The number of amides is 2. The van der Waals surface area contributed by atoms with Crippen LogP contribution >= 0.6 is 0 Å². The molecule has 2 rings (SSSR count). The Hall–Kier alpha value is -3.54. The molecular weight excluding hydrogens is 344 g/mol. The number of ketones is 2. The van der Waals surface area contributed by atoms with Gasteiger partial charge in [0, 0.05) is 34.2 Å². The summed E-state index contributed by atoms with van der Waals surface area (Å²) >= 11 is 0. The average Bonchev–Trinajstić information content (AvgIpc) is 2.62. The lowest BCUT2D eigenvalue weighted by atomic mass is 10.1. The first-order valence-electron chi connectivity index (χ1n) is 8.29. The second kappa shape index (κ2) is 8.71. The van der Waals surface area contributed by atoms with Gasteiger partial charge in [0.25, 0.3) is 5.91 Å². The molecule has 2 amide bonds. The minimum absolute atomic E-state index is 0.0584. The molecule has 27 heavy (non-hydrogen) atoms. The number of carbonyl (C=O) groups excluding carboxylic acids is 4. The molecule has 0 unspecified atom stereocenters. The van der Waals surface area contributed by atoms with E-state index in [1.807, 2.05) is 0 Å². The molecule has 6 heteroatoms. The van der Waals surface area contributed by atoms with Gasteiger partial charge in [-0.1, -0.05) is 0 Å². The summed E-state index contributed by atoms with van der Waals surface area (Å²) in [7, 11) is 0. The van der Waals surface area contributed by atoms with Gasteiger partial charge in [-0.25, -0.2) is 0 Å². The summed E-state index contributed by atoms with van der Waals surface area (Å²) in [5.41, 5.74) is 2.38. The fraction of sp³-hybridized carbons (Fsp3) is 0.143. The van der Waals surface area contributed by atoms with Crippen molar-refractivity contribution < 1.29 is 19.2 Å². The van der Waals surface area contributed by atoms with Crippen molar-refractivity contribution in [3.05, 3.63) is 71.3 Å². The van der Waals surface area contributed by atoms with Crippen molar-refractivity contribution in [3.63, 3.8) is 0 Å². The van der Waals surface area contributed by atoms with Crippen molar-refractivity contribution in [2.75, 3.05) is 10.6 Å². The molecule has 0 aliphatic carbocycles. The normalized spacial score (nSPS) is 10.9. The lowest BCUT2D eigenvalue weighted by Gasteiger charge is -2.07. The summed E-state index contributed by atoms with van der Waals surface area (Å²) in [6, 6.07) is 13.0. The second-order valence-electron chi connectivity index (χ2n) is 6.04. The zero-order valence-corrected chi connectivity index (χ0v) is 15.3. The van der Waals surface area contributed by atoms with Crippen molar-refractivity contribution >= 4 is 34.8 Å². The Bertz CT molecular complexity index is 910. The van der Waals surface area contributed by atoms with Crippen LogP contribution in [0.3, 0.4) is 0 Å². The Kier molecular flexibility index (Phi) is 6.38. The summed E-state index contributed by atoms with van der Waals surface area (Å²) in [5.74, 6) is -0.994. The van der Waals surface area contributed by atoms with Crippen molar-refractivity contribution in [2.24, 2.45) is 0 Å². The first kappa shape index (κ1) is 19.8. The van der Waals surface area contributed by atoms with E-state index in [9.17, 15) is 19.2 Å². The standard InChI is InChI=1S/C21H20N2O4/c1-13(21(27)23-19-10-6-17(7-11-19)15(3)25)12-20(26)22-18-8-4-16(5-9-18)14(2)24/h4-12H,1-3H3,(H,22,26)(H,23,27)/b13-12-. The topological polar surface area (TPSA) is 92.3 Å². The summed E-state index contributed by atoms with van der Waals surface area (Å²) in [5, 5.41) is 5.29. The van der Waals surface area contributed by atoms with Crippen molar-refractivity contribution in [2.45, 2.75) is 20.8 Å². The maximum absolute atomic E-state index is 12.2. The third-order valence-corrected chi connectivity index (χ3v) is 3.81. The van der Waals surface area contributed by atoms with Gasteiger partial charge in [-0.05, 0) is 69.3 Å². The van der Waals surface area contributed by atoms with E-state index in [-0.39, 0.29) is 17.1 Å². The summed E-state index contributed by atoms with van der Waals surface area (Å²) in [6.07, 6.45) is 1.19. The zero-order chi connectivity index (χ0) is 20.0. The van der Waals surface area contributed by atoms with E-state index in [4.69, 9.17) is 0 Å². The molecule has 138 valence electrons. The lowest BCUT2D eigenvalue weighted by Crippen LogP contribution is -2.16. The van der Waals surface area contributed by atoms with Gasteiger partial charge in [-0.3, -0.25) is 19.2 Å². The van der Waals surface area contributed by atoms with Gasteiger partial charge in [-0.15, -0.1) is 0 Å². The predicted molar refractivity (Wildman–Crippen MR) is 104 cm³/mol. The second-order valence-corrected chi connectivity index (χ2v) is 6.04. The maximum atomic E-state index is 12.2. The Morgan fingerprint density at radius 2 is 1.07 bits per heavy atom. The van der Waals surface area contributed by atoms with Crippen molar-refractivity contribution in [1.82, 2.24) is 0 Å². The summed E-state index contributed by atoms with van der Waals surface area (Å²) < 4.78 is 0. The quantitative estimate of drug-likeness (QED) is 0.605. The van der Waals surface area contributed by atoms with Gasteiger partial charge in [0.2, 0.25) is 5.91 Å². The van der Waals surface area contributed by atoms with Gasteiger partial charge >= 0.3 is 0 Å². The molecule has 0 saturated heterocycles. The predicted octanol–water partition coefficient (Wildman–Crippen LogP) is 3.62. The molecule has 2 aromatic rings. The zero-order valence-electron chi connectivity index (χ0n) is 15.3. The Balaban J connectivity index is 1.98. The molecule has 0 spiro atoms. The van der Waals surface area contributed by atoms with E-state index < -0.39 is 11.8 Å². The molecule has 0 fully saturated rings. The number of anilines is 2. The number of rotatable bonds is 6. The molecule has 0 bridgehead atoms. The molecule has 0 aliphatic rings. The molecule has 0 radical (unpaired) electrons. The average molecular weight is 364 g/mol. The Morgan fingerprint density at radius 3 is 1.48 bits per heavy atom. The van der Waals surface area contributed by atoms with E-state index in [1.54, 1.807) is 48.5 Å². The maximum Gasteiger partial charge on any atom is 0.251 e. The number of hydrogen-bond acceptors (Lipinski definition) is 4. The minimum atomic E-state index is -0.454. The minimum Gasteiger partial charge on any atom is -0.323 e. The molecule has 6 nitrogen and oxygen atoms in total. The van der Waals surface area contributed by atoms with Crippen LogP contribution < -0.4 is 10.6 Å². The largest absolute Gasteiger partial charge is 0.323 e. The monoisotopic (exact) mass is 364 g/mol. The number of Topliss-reactive ketones (excluding diaryl/α,β-unsaturated/α-hetero) is 2. The van der Waals surface area contributed by atoms with Crippen molar-refractivity contribution in [1.29, 1.82) is 0 Å². The van der Waals surface area contributed by atoms with E-state index in [0.717, 1.165) is 0 Å². The van der Waals surface area contributed by atoms with E-state index >= 15 is 0 Å². The Labute approximate surface area is 157 Å². The highest BCUT2D eigenvalue weighted by Gasteiger charge is 2.09. The molecule has 0 saturated carbocycles. The van der Waals surface area contributed by atoms with Gasteiger partial charge in [-0.2, -0.15) is 0 Å². The molecule has 2 aromatic carbocycles. The Morgan fingerprint density at radius 1 is 0.667 bits per heavy atom. The number of carbonyl (C=O) groups is 4. The molecule has 0 heterocycles. The van der Waals surface area contributed by atoms with Gasteiger partial charge in [0.15, 0.2) is 11.6 Å². The fourth-order valence-corrected chi connectivity index (χ4v) is 2.25. The van der Waals surface area contributed by atoms with Gasteiger partial charge in [0.1, 0.15) is 0 Å². The highest BCUT2D eigenvalue weighted by Crippen LogP contribution is 2.12. The summed E-state index contributed by atoms with van der Waals surface area (Å²) in [4.78, 5) is 46.7.